The molecule has 0 fully saturated rings. The smallest absolute Gasteiger partial charge is 0.292 e. The van der Waals surface area contributed by atoms with E-state index in [0.717, 1.165) is 95.5 Å². The highest BCUT2D eigenvalue weighted by Gasteiger charge is 2.20. The molecule has 0 spiro atoms. The molecule has 0 saturated heterocycles. The van der Waals surface area contributed by atoms with Gasteiger partial charge in [-0.05, 0) is 76.1 Å². The maximum atomic E-state index is 12.5. The molecule has 2 heterocycles. The van der Waals surface area contributed by atoms with Crippen LogP contribution in [0.1, 0.15) is 65.7 Å². The number of H-pyrrole nitrogens is 2. The molecule has 10 nitrogen and oxygen atoms in total. The number of aromatic nitrogens is 2. The summed E-state index contributed by atoms with van der Waals surface area (Å²) in [5.41, 5.74) is 2.39. The predicted octanol–water partition coefficient (Wildman–Crippen LogP) is 5.38. The van der Waals surface area contributed by atoms with Crippen molar-refractivity contribution in [3.8, 4) is 0 Å². The number of aromatic amines is 2. The number of fused-ring (bicyclic) bond motifs is 2. The van der Waals surface area contributed by atoms with Crippen molar-refractivity contribution >= 4 is 77.0 Å². The molecule has 2 aromatic heterocycles. The van der Waals surface area contributed by atoms with Crippen LogP contribution in [0.3, 0.4) is 0 Å². The van der Waals surface area contributed by atoms with Gasteiger partial charge in [-0.3, -0.25) is 19.2 Å². The first kappa shape index (κ1) is 34.6. The summed E-state index contributed by atoms with van der Waals surface area (Å²) in [6, 6.07) is 11.1. The zero-order valence-electron chi connectivity index (χ0n) is 25.2. The second-order valence-corrected chi connectivity index (χ2v) is 12.8. The van der Waals surface area contributed by atoms with Gasteiger partial charge >= 0.3 is 0 Å². The SMILES string of the molecule is O=C(NCCCNCCCCCCCNCCCNC(=O)C(=O)c1c[nH]c2cc(Br)ccc12)C(=O)c1c[nH]c2cc(Br)ccc12. The van der Waals surface area contributed by atoms with Gasteiger partial charge in [0.2, 0.25) is 0 Å². The first-order chi connectivity index (χ1) is 21.8. The fourth-order valence-electron chi connectivity index (χ4n) is 5.09. The molecule has 4 aromatic rings. The van der Waals surface area contributed by atoms with E-state index in [1.54, 1.807) is 12.4 Å². The molecule has 2 aromatic carbocycles. The second-order valence-electron chi connectivity index (χ2n) is 10.9. The van der Waals surface area contributed by atoms with E-state index in [2.05, 4.69) is 63.1 Å². The Kier molecular flexibility index (Phi) is 13.8. The minimum absolute atomic E-state index is 0.385. The highest BCUT2D eigenvalue weighted by molar-refractivity contribution is 9.10. The lowest BCUT2D eigenvalue weighted by Gasteiger charge is -2.07. The van der Waals surface area contributed by atoms with E-state index in [1.807, 2.05) is 36.4 Å². The van der Waals surface area contributed by atoms with Crippen molar-refractivity contribution < 1.29 is 19.2 Å². The van der Waals surface area contributed by atoms with E-state index in [-0.39, 0.29) is 0 Å². The van der Waals surface area contributed by atoms with E-state index in [9.17, 15) is 19.2 Å². The van der Waals surface area contributed by atoms with Crippen molar-refractivity contribution in [1.82, 2.24) is 31.2 Å². The molecule has 0 radical (unpaired) electrons. The molecular formula is C33H40Br2N6O4. The largest absolute Gasteiger partial charge is 0.360 e. The minimum atomic E-state index is -0.581. The molecule has 6 N–H and O–H groups in total. The molecule has 4 rings (SSSR count). The van der Waals surface area contributed by atoms with Crippen LogP contribution >= 0.6 is 31.9 Å². The van der Waals surface area contributed by atoms with Gasteiger partial charge in [0.05, 0.1) is 11.1 Å². The Bertz CT molecular complexity index is 1500. The highest BCUT2D eigenvalue weighted by atomic mass is 79.9. The molecule has 0 bridgehead atoms. The first-order valence-corrected chi connectivity index (χ1v) is 17.0. The molecule has 12 heteroatoms. The number of halogens is 2. The number of ketones is 2. The lowest BCUT2D eigenvalue weighted by Crippen LogP contribution is -2.33. The Labute approximate surface area is 279 Å². The number of hydrogen-bond donors (Lipinski definition) is 6. The number of rotatable bonds is 20. The molecule has 2 amide bonds. The maximum Gasteiger partial charge on any atom is 0.292 e. The van der Waals surface area contributed by atoms with Crippen molar-refractivity contribution in [3.05, 3.63) is 68.9 Å². The summed E-state index contributed by atoms with van der Waals surface area (Å²) >= 11 is 6.81. The van der Waals surface area contributed by atoms with E-state index in [1.165, 1.54) is 6.42 Å². The Hall–Kier alpha value is -3.32. The van der Waals surface area contributed by atoms with Gasteiger partial charge in [-0.1, -0.05) is 63.3 Å². The van der Waals surface area contributed by atoms with E-state index >= 15 is 0 Å². The van der Waals surface area contributed by atoms with Crippen molar-refractivity contribution in [2.45, 2.75) is 44.9 Å². The summed E-state index contributed by atoms with van der Waals surface area (Å²) in [6.45, 7) is 4.34. The zero-order chi connectivity index (χ0) is 32.0. The number of unbranched alkanes of at least 4 members (excludes halogenated alkanes) is 4. The lowest BCUT2D eigenvalue weighted by atomic mass is 10.1. The standard InChI is InChI=1S/C33H40Br2N6O4/c34-22-8-10-24-26(20-40-28(24)18-22)30(42)32(44)38-16-6-14-36-12-4-2-1-3-5-13-37-15-7-17-39-33(45)31(43)27-21-41-29-19-23(35)9-11-25(27)29/h8-11,18-21,36-37,40-41H,1-7,12-17H2,(H,38,44)(H,39,45). The first-order valence-electron chi connectivity index (χ1n) is 15.4. The van der Waals surface area contributed by atoms with Crippen LogP contribution in [-0.2, 0) is 9.59 Å². The third-order valence-corrected chi connectivity index (χ3v) is 8.51. The lowest BCUT2D eigenvalue weighted by molar-refractivity contribution is -0.117. The molecule has 0 aliphatic carbocycles. The summed E-state index contributed by atoms with van der Waals surface area (Å²) in [5, 5.41) is 13.7. The summed E-state index contributed by atoms with van der Waals surface area (Å²) < 4.78 is 1.81. The van der Waals surface area contributed by atoms with Crippen LogP contribution in [0.5, 0.6) is 0 Å². The van der Waals surface area contributed by atoms with Crippen LogP contribution in [0.2, 0.25) is 0 Å². The van der Waals surface area contributed by atoms with Gasteiger partial charge in [0, 0.05) is 56.2 Å². The molecule has 240 valence electrons. The molecule has 0 saturated carbocycles. The van der Waals surface area contributed by atoms with Gasteiger partial charge in [0.1, 0.15) is 0 Å². The Balaban J connectivity index is 0.923. The monoisotopic (exact) mass is 742 g/mol. The van der Waals surface area contributed by atoms with Crippen LogP contribution in [0, 0.1) is 0 Å². The number of carbonyl (C=O) groups excluding carboxylic acids is 4. The van der Waals surface area contributed by atoms with Crippen molar-refractivity contribution in [2.24, 2.45) is 0 Å². The van der Waals surface area contributed by atoms with Crippen molar-refractivity contribution in [2.75, 3.05) is 39.3 Å². The molecule has 0 atom stereocenters. The molecule has 0 aliphatic rings. The predicted molar refractivity (Wildman–Crippen MR) is 185 cm³/mol. The van der Waals surface area contributed by atoms with Crippen LogP contribution in [0.25, 0.3) is 21.8 Å². The Morgan fingerprint density at radius 2 is 0.933 bits per heavy atom. The number of hydrogen-bond acceptors (Lipinski definition) is 6. The third kappa shape index (κ3) is 10.4. The normalized spacial score (nSPS) is 11.2. The Morgan fingerprint density at radius 3 is 1.38 bits per heavy atom. The van der Waals surface area contributed by atoms with E-state index < -0.39 is 23.4 Å². The molecule has 0 unspecified atom stereocenters. The summed E-state index contributed by atoms with van der Waals surface area (Å²) in [6.07, 6.45) is 10.4. The minimum Gasteiger partial charge on any atom is -0.360 e. The molecular weight excluding hydrogens is 704 g/mol. The van der Waals surface area contributed by atoms with Crippen molar-refractivity contribution in [1.29, 1.82) is 0 Å². The maximum absolute atomic E-state index is 12.5. The van der Waals surface area contributed by atoms with Gasteiger partial charge in [-0.2, -0.15) is 0 Å². The van der Waals surface area contributed by atoms with Gasteiger partial charge in [-0.15, -0.1) is 0 Å². The van der Waals surface area contributed by atoms with Gasteiger partial charge in [0.15, 0.2) is 0 Å². The average molecular weight is 745 g/mol. The second kappa shape index (κ2) is 18.0. The van der Waals surface area contributed by atoms with Crippen LogP contribution in [0.15, 0.2) is 57.7 Å². The van der Waals surface area contributed by atoms with E-state index in [0.29, 0.717) is 24.2 Å². The highest BCUT2D eigenvalue weighted by Crippen LogP contribution is 2.24. The quantitative estimate of drug-likeness (QED) is 0.0407. The van der Waals surface area contributed by atoms with Crippen LogP contribution in [0.4, 0.5) is 0 Å². The summed E-state index contributed by atoms with van der Waals surface area (Å²) in [4.78, 5) is 55.7. The topological polar surface area (TPSA) is 148 Å². The number of benzene rings is 2. The van der Waals surface area contributed by atoms with E-state index in [4.69, 9.17) is 0 Å². The van der Waals surface area contributed by atoms with Gasteiger partial charge in [0.25, 0.3) is 23.4 Å². The number of nitrogens with one attached hydrogen (secondary N) is 6. The van der Waals surface area contributed by atoms with Crippen molar-refractivity contribution in [3.63, 3.8) is 0 Å². The number of carbonyl (C=O) groups is 4. The summed E-state index contributed by atoms with van der Waals surface area (Å²) in [5.74, 6) is -2.22. The third-order valence-electron chi connectivity index (χ3n) is 7.53. The van der Waals surface area contributed by atoms with Gasteiger partial charge in [-0.25, -0.2) is 0 Å². The van der Waals surface area contributed by atoms with Crippen LogP contribution < -0.4 is 21.3 Å². The van der Waals surface area contributed by atoms with Crippen LogP contribution in [-0.4, -0.2) is 72.6 Å². The molecule has 45 heavy (non-hydrogen) atoms. The molecule has 0 aliphatic heterocycles. The fraction of sp³-hybridized carbons (Fsp3) is 0.394. The number of Topliss-reactive ketones (excluding diaryl/α,β-unsaturated/α-hetero) is 2. The van der Waals surface area contributed by atoms with Gasteiger partial charge < -0.3 is 31.2 Å². The Morgan fingerprint density at radius 1 is 0.533 bits per heavy atom. The number of amides is 2. The summed E-state index contributed by atoms with van der Waals surface area (Å²) in [7, 11) is 0. The fourth-order valence-corrected chi connectivity index (χ4v) is 5.81. The zero-order valence-corrected chi connectivity index (χ0v) is 28.4. The average Bonchev–Trinajstić information content (AvgIpc) is 3.65.